The molecule has 1 N–H and O–H groups in total. The second kappa shape index (κ2) is 4.78. The first kappa shape index (κ1) is 11.2. The van der Waals surface area contributed by atoms with Crippen LogP contribution in [0.2, 0.25) is 0 Å². The van der Waals surface area contributed by atoms with Gasteiger partial charge < -0.3 is 5.32 Å². The number of benzene rings is 2. The molecule has 1 unspecified atom stereocenters. The first-order chi connectivity index (χ1) is 8.83. The molecule has 2 nitrogen and oxygen atoms in total. The number of nitrogens with zero attached hydrogens (tertiary/aromatic N) is 1. The Bertz CT molecular complexity index is 646. The molecule has 0 fully saturated rings. The molecule has 0 saturated carbocycles. The van der Waals surface area contributed by atoms with Crippen molar-refractivity contribution in [2.75, 3.05) is 5.32 Å². The highest BCUT2D eigenvalue weighted by Gasteiger charge is 2.07. The summed E-state index contributed by atoms with van der Waals surface area (Å²) in [5.41, 5.74) is 1.14. The smallest absolute Gasteiger partial charge is 0.115 e. The van der Waals surface area contributed by atoms with Gasteiger partial charge in [-0.25, -0.2) is 4.98 Å². The summed E-state index contributed by atoms with van der Waals surface area (Å²) in [6.45, 7) is 2.13. The fraction of sp³-hybridized carbons (Fsp3) is 0.133. The molecule has 3 rings (SSSR count). The summed E-state index contributed by atoms with van der Waals surface area (Å²) in [7, 11) is 0. The molecule has 0 saturated heterocycles. The van der Waals surface area contributed by atoms with Crippen LogP contribution >= 0.6 is 11.3 Å². The van der Waals surface area contributed by atoms with Gasteiger partial charge in [-0.2, -0.15) is 0 Å². The molecular formula is C15H14N2S. The van der Waals surface area contributed by atoms with Crippen molar-refractivity contribution in [3.05, 3.63) is 59.0 Å². The van der Waals surface area contributed by atoms with Crippen molar-refractivity contribution in [1.82, 2.24) is 4.98 Å². The van der Waals surface area contributed by atoms with Crippen LogP contribution in [-0.2, 0) is 0 Å². The van der Waals surface area contributed by atoms with Crippen molar-refractivity contribution in [2.24, 2.45) is 0 Å². The molecule has 0 aliphatic rings. The Morgan fingerprint density at radius 2 is 1.94 bits per heavy atom. The SMILES string of the molecule is CC(Nc1ccc2ccccc2c1)c1nccs1. The summed E-state index contributed by atoms with van der Waals surface area (Å²) in [5, 5.41) is 9.13. The Labute approximate surface area is 110 Å². The average molecular weight is 254 g/mol. The second-order valence-electron chi connectivity index (χ2n) is 4.30. The van der Waals surface area contributed by atoms with Gasteiger partial charge in [0.15, 0.2) is 0 Å². The summed E-state index contributed by atoms with van der Waals surface area (Å²) < 4.78 is 0. The number of fused-ring (bicyclic) bond motifs is 1. The van der Waals surface area contributed by atoms with Crippen LogP contribution in [0, 0.1) is 0 Å². The number of aromatic nitrogens is 1. The minimum absolute atomic E-state index is 0.242. The average Bonchev–Trinajstić information content (AvgIpc) is 2.92. The van der Waals surface area contributed by atoms with Gasteiger partial charge in [-0.3, -0.25) is 0 Å². The molecule has 90 valence electrons. The zero-order chi connectivity index (χ0) is 12.4. The fourth-order valence-corrected chi connectivity index (χ4v) is 2.69. The highest BCUT2D eigenvalue weighted by molar-refractivity contribution is 7.09. The molecule has 0 spiro atoms. The van der Waals surface area contributed by atoms with Crippen molar-refractivity contribution >= 4 is 27.8 Å². The van der Waals surface area contributed by atoms with E-state index in [0.717, 1.165) is 10.7 Å². The Hall–Kier alpha value is -1.87. The number of thiazole rings is 1. The highest BCUT2D eigenvalue weighted by atomic mass is 32.1. The maximum atomic E-state index is 4.33. The van der Waals surface area contributed by atoms with E-state index in [9.17, 15) is 0 Å². The summed E-state index contributed by atoms with van der Waals surface area (Å²) in [4.78, 5) is 4.33. The number of rotatable bonds is 3. The molecule has 1 aromatic heterocycles. The Morgan fingerprint density at radius 3 is 2.72 bits per heavy atom. The molecule has 0 aliphatic heterocycles. The zero-order valence-electron chi connectivity index (χ0n) is 10.1. The number of hydrogen-bond donors (Lipinski definition) is 1. The third kappa shape index (κ3) is 2.22. The molecule has 0 aliphatic carbocycles. The lowest BCUT2D eigenvalue weighted by atomic mass is 10.1. The summed E-state index contributed by atoms with van der Waals surface area (Å²) >= 11 is 1.68. The normalized spacial score (nSPS) is 12.5. The van der Waals surface area contributed by atoms with Crippen LogP contribution in [0.1, 0.15) is 18.0 Å². The Kier molecular flexibility index (Phi) is 2.99. The molecule has 3 heteroatoms. The molecule has 0 radical (unpaired) electrons. The molecule has 1 atom stereocenters. The van der Waals surface area contributed by atoms with Gasteiger partial charge in [-0.05, 0) is 29.8 Å². The molecule has 2 aromatic carbocycles. The van der Waals surface area contributed by atoms with Crippen LogP contribution in [-0.4, -0.2) is 4.98 Å². The molecule has 1 heterocycles. The first-order valence-corrected chi connectivity index (χ1v) is 6.85. The van der Waals surface area contributed by atoms with Gasteiger partial charge in [0.25, 0.3) is 0 Å². The topological polar surface area (TPSA) is 24.9 Å². The Balaban J connectivity index is 1.86. The lowest BCUT2D eigenvalue weighted by Gasteiger charge is -2.13. The predicted molar refractivity (Wildman–Crippen MR) is 78.1 cm³/mol. The second-order valence-corrected chi connectivity index (χ2v) is 5.22. The predicted octanol–water partition coefficient (Wildman–Crippen LogP) is 4.47. The molecule has 0 bridgehead atoms. The summed E-state index contributed by atoms with van der Waals surface area (Å²) in [6.07, 6.45) is 1.85. The van der Waals surface area contributed by atoms with Crippen LogP contribution in [0.15, 0.2) is 54.0 Å². The van der Waals surface area contributed by atoms with Gasteiger partial charge in [-0.15, -0.1) is 11.3 Å². The monoisotopic (exact) mass is 254 g/mol. The van der Waals surface area contributed by atoms with E-state index in [0.29, 0.717) is 0 Å². The van der Waals surface area contributed by atoms with Gasteiger partial charge in [0.05, 0.1) is 6.04 Å². The van der Waals surface area contributed by atoms with Crippen LogP contribution in [0.25, 0.3) is 10.8 Å². The standard InChI is InChI=1S/C15H14N2S/c1-11(15-16-8-9-18-15)17-14-7-6-12-4-2-3-5-13(12)10-14/h2-11,17H,1H3. The van der Waals surface area contributed by atoms with E-state index < -0.39 is 0 Å². The van der Waals surface area contributed by atoms with Crippen molar-refractivity contribution in [2.45, 2.75) is 13.0 Å². The molecular weight excluding hydrogens is 240 g/mol. The lowest BCUT2D eigenvalue weighted by Crippen LogP contribution is -2.05. The minimum atomic E-state index is 0.242. The quantitative estimate of drug-likeness (QED) is 0.746. The highest BCUT2D eigenvalue weighted by Crippen LogP contribution is 2.24. The third-order valence-electron chi connectivity index (χ3n) is 2.95. The fourth-order valence-electron chi connectivity index (χ4n) is 2.04. The van der Waals surface area contributed by atoms with Crippen LogP contribution < -0.4 is 5.32 Å². The largest absolute Gasteiger partial charge is 0.376 e. The minimum Gasteiger partial charge on any atom is -0.376 e. The zero-order valence-corrected chi connectivity index (χ0v) is 10.9. The third-order valence-corrected chi connectivity index (χ3v) is 3.91. The van der Waals surface area contributed by atoms with Gasteiger partial charge in [0.1, 0.15) is 5.01 Å². The van der Waals surface area contributed by atoms with Crippen molar-refractivity contribution in [3.8, 4) is 0 Å². The lowest BCUT2D eigenvalue weighted by molar-refractivity contribution is 0.870. The van der Waals surface area contributed by atoms with E-state index in [1.165, 1.54) is 10.8 Å². The first-order valence-electron chi connectivity index (χ1n) is 5.98. The van der Waals surface area contributed by atoms with E-state index in [1.54, 1.807) is 11.3 Å². The van der Waals surface area contributed by atoms with Crippen molar-refractivity contribution in [3.63, 3.8) is 0 Å². The van der Waals surface area contributed by atoms with E-state index in [4.69, 9.17) is 0 Å². The van der Waals surface area contributed by atoms with Crippen LogP contribution in [0.5, 0.6) is 0 Å². The summed E-state index contributed by atoms with van der Waals surface area (Å²) in [5.74, 6) is 0. The van der Waals surface area contributed by atoms with Gasteiger partial charge >= 0.3 is 0 Å². The maximum absolute atomic E-state index is 4.33. The van der Waals surface area contributed by atoms with Crippen LogP contribution in [0.4, 0.5) is 5.69 Å². The number of nitrogens with one attached hydrogen (secondary N) is 1. The van der Waals surface area contributed by atoms with Gasteiger partial charge in [0.2, 0.25) is 0 Å². The summed E-state index contributed by atoms with van der Waals surface area (Å²) in [6, 6.07) is 15.1. The van der Waals surface area contributed by atoms with Crippen molar-refractivity contribution < 1.29 is 0 Å². The van der Waals surface area contributed by atoms with E-state index >= 15 is 0 Å². The number of hydrogen-bond acceptors (Lipinski definition) is 3. The van der Waals surface area contributed by atoms with Gasteiger partial charge in [0, 0.05) is 17.3 Å². The van der Waals surface area contributed by atoms with Gasteiger partial charge in [-0.1, -0.05) is 30.3 Å². The van der Waals surface area contributed by atoms with Crippen LogP contribution in [0.3, 0.4) is 0 Å². The van der Waals surface area contributed by atoms with E-state index in [2.05, 4.69) is 59.7 Å². The van der Waals surface area contributed by atoms with E-state index in [-0.39, 0.29) is 6.04 Å². The molecule has 3 aromatic rings. The molecule has 0 amide bonds. The Morgan fingerprint density at radius 1 is 1.11 bits per heavy atom. The molecule has 18 heavy (non-hydrogen) atoms. The maximum Gasteiger partial charge on any atom is 0.115 e. The van der Waals surface area contributed by atoms with Crippen molar-refractivity contribution in [1.29, 1.82) is 0 Å². The van der Waals surface area contributed by atoms with E-state index in [1.807, 2.05) is 11.6 Å². The number of anilines is 1.